The summed E-state index contributed by atoms with van der Waals surface area (Å²) in [5.74, 6) is 0.279. The predicted molar refractivity (Wildman–Crippen MR) is 136 cm³/mol. The van der Waals surface area contributed by atoms with Crippen LogP contribution in [0.3, 0.4) is 0 Å². The summed E-state index contributed by atoms with van der Waals surface area (Å²) in [4.78, 5) is 28.4. The molecule has 9 heteroatoms. The number of ether oxygens (including phenoxy) is 3. The van der Waals surface area contributed by atoms with Gasteiger partial charge in [-0.15, -0.1) is 0 Å². The van der Waals surface area contributed by atoms with Gasteiger partial charge in [0.05, 0.1) is 14.2 Å². The fourth-order valence-electron chi connectivity index (χ4n) is 4.32. The average molecular weight is 507 g/mol. The molecule has 192 valence electrons. The van der Waals surface area contributed by atoms with Gasteiger partial charge in [-0.1, -0.05) is 6.07 Å². The van der Waals surface area contributed by atoms with Crippen molar-refractivity contribution in [3.8, 4) is 17.2 Å². The molecule has 0 atom stereocenters. The van der Waals surface area contributed by atoms with Crippen LogP contribution in [0.5, 0.6) is 17.2 Å². The lowest BCUT2D eigenvalue weighted by Crippen LogP contribution is -2.26. The third-order valence-electron chi connectivity index (χ3n) is 6.08. The Labute approximate surface area is 213 Å². The summed E-state index contributed by atoms with van der Waals surface area (Å²) in [6.07, 6.45) is 4.46. The molecule has 1 aliphatic carbocycles. The molecule has 4 rings (SSSR count). The third kappa shape index (κ3) is 5.40. The molecule has 0 aliphatic heterocycles. The second-order valence-corrected chi connectivity index (χ2v) is 8.32. The van der Waals surface area contributed by atoms with Gasteiger partial charge in [0, 0.05) is 13.0 Å². The zero-order valence-electron chi connectivity index (χ0n) is 21.0. The lowest BCUT2D eigenvalue weighted by Gasteiger charge is -2.15. The number of nitrogens with zero attached hydrogens (tertiary/aromatic N) is 1. The quantitative estimate of drug-likeness (QED) is 0.359. The Morgan fingerprint density at radius 1 is 1.11 bits per heavy atom. The van der Waals surface area contributed by atoms with Gasteiger partial charge < -0.3 is 23.9 Å². The van der Waals surface area contributed by atoms with Crippen molar-refractivity contribution in [1.82, 2.24) is 10.3 Å². The van der Waals surface area contributed by atoms with Crippen molar-refractivity contribution in [2.45, 2.75) is 26.7 Å². The number of aromatic nitrogens is 1. The van der Waals surface area contributed by atoms with Crippen molar-refractivity contribution >= 4 is 29.1 Å². The van der Waals surface area contributed by atoms with E-state index in [2.05, 4.69) is 10.3 Å². The number of methoxy groups -OCH3 is 2. The fourth-order valence-corrected chi connectivity index (χ4v) is 4.32. The predicted octanol–water partition coefficient (Wildman–Crippen LogP) is 5.93. The van der Waals surface area contributed by atoms with Crippen LogP contribution in [-0.2, 0) is 0 Å². The monoisotopic (exact) mass is 506 g/mol. The molecule has 1 N–H and O–H groups in total. The molecule has 0 spiro atoms. The molecule has 37 heavy (non-hydrogen) atoms. The van der Waals surface area contributed by atoms with Gasteiger partial charge in [-0.05, 0) is 84.0 Å². The number of rotatable bonds is 9. The van der Waals surface area contributed by atoms with Crippen molar-refractivity contribution in [3.05, 3.63) is 76.8 Å². The number of benzene rings is 2. The van der Waals surface area contributed by atoms with E-state index in [1.807, 2.05) is 13.0 Å². The number of halogens is 1. The summed E-state index contributed by atoms with van der Waals surface area (Å²) in [5.41, 5.74) is 5.26. The van der Waals surface area contributed by atoms with E-state index in [1.165, 1.54) is 39.0 Å². The van der Waals surface area contributed by atoms with E-state index in [0.717, 1.165) is 33.4 Å². The zero-order valence-corrected chi connectivity index (χ0v) is 21.0. The summed E-state index contributed by atoms with van der Waals surface area (Å²) in [6, 6.07) is 8.08. The van der Waals surface area contributed by atoms with Gasteiger partial charge in [-0.25, -0.2) is 14.2 Å². The molecule has 1 aromatic heterocycles. The maximum Gasteiger partial charge on any atom is 0.412 e. The van der Waals surface area contributed by atoms with E-state index < -0.39 is 6.09 Å². The normalized spacial score (nSPS) is 13.5. The first-order valence-corrected chi connectivity index (χ1v) is 11.7. The maximum atomic E-state index is 14.2. The van der Waals surface area contributed by atoms with Crippen LogP contribution in [0, 0.1) is 5.82 Å². The first-order valence-electron chi connectivity index (χ1n) is 11.7. The molecule has 3 aromatic rings. The van der Waals surface area contributed by atoms with E-state index in [1.54, 1.807) is 25.1 Å². The molecule has 0 radical (unpaired) electrons. The minimum atomic E-state index is -0.625. The van der Waals surface area contributed by atoms with Gasteiger partial charge in [0.25, 0.3) is 0 Å². The highest BCUT2D eigenvalue weighted by Gasteiger charge is 2.26. The highest BCUT2D eigenvalue weighted by atomic mass is 19.1. The van der Waals surface area contributed by atoms with Crippen molar-refractivity contribution in [2.24, 2.45) is 0 Å². The molecule has 1 heterocycles. The van der Waals surface area contributed by atoms with Crippen molar-refractivity contribution < 1.29 is 32.6 Å². The van der Waals surface area contributed by atoms with E-state index in [-0.39, 0.29) is 29.5 Å². The van der Waals surface area contributed by atoms with Crippen LogP contribution in [0.15, 0.2) is 53.0 Å². The smallest absolute Gasteiger partial charge is 0.412 e. The van der Waals surface area contributed by atoms with Crippen LogP contribution in [0.25, 0.3) is 17.2 Å². The zero-order chi connectivity index (χ0) is 26.5. The SMILES string of the molecule is CCNC(=O)Oc1c(OC)cc(/C=C2/C(C)=C(CCC(=O)c3cocn3)c3cc(F)ccc32)cc1OC. The molecule has 1 amide bonds. The minimum Gasteiger partial charge on any atom is -0.493 e. The Morgan fingerprint density at radius 2 is 1.84 bits per heavy atom. The van der Waals surface area contributed by atoms with Gasteiger partial charge in [0.15, 0.2) is 23.7 Å². The number of carbonyl (C=O) groups is 2. The first kappa shape index (κ1) is 25.7. The number of fused-ring (bicyclic) bond motifs is 1. The molecule has 0 bridgehead atoms. The molecule has 0 saturated carbocycles. The summed E-state index contributed by atoms with van der Waals surface area (Å²) in [6.45, 7) is 4.14. The second kappa shape index (κ2) is 11.1. The van der Waals surface area contributed by atoms with E-state index in [4.69, 9.17) is 18.6 Å². The summed E-state index contributed by atoms with van der Waals surface area (Å²) in [5, 5.41) is 2.57. The average Bonchev–Trinajstić information content (AvgIpc) is 3.51. The van der Waals surface area contributed by atoms with Crippen LogP contribution in [0.2, 0.25) is 0 Å². The fraction of sp³-hybridized carbons (Fsp3) is 0.250. The molecule has 8 nitrogen and oxygen atoms in total. The highest BCUT2D eigenvalue weighted by molar-refractivity contribution is 6.06. The topological polar surface area (TPSA) is 99.9 Å². The molecule has 1 aliphatic rings. The number of oxazole rings is 1. The number of hydrogen-bond acceptors (Lipinski definition) is 7. The van der Waals surface area contributed by atoms with Gasteiger partial charge >= 0.3 is 6.09 Å². The Morgan fingerprint density at radius 3 is 2.46 bits per heavy atom. The molecule has 0 unspecified atom stereocenters. The Bertz CT molecular complexity index is 1370. The van der Waals surface area contributed by atoms with Crippen LogP contribution >= 0.6 is 0 Å². The first-order chi connectivity index (χ1) is 17.9. The van der Waals surface area contributed by atoms with Gasteiger partial charge in [-0.2, -0.15) is 0 Å². The number of allylic oxidation sites excluding steroid dienone is 3. The van der Waals surface area contributed by atoms with E-state index in [9.17, 15) is 14.0 Å². The molecular weight excluding hydrogens is 479 g/mol. The number of nitrogens with one attached hydrogen (secondary N) is 1. The largest absolute Gasteiger partial charge is 0.493 e. The number of Topliss-reactive ketones (excluding diaryl/α,β-unsaturated/α-hetero) is 1. The van der Waals surface area contributed by atoms with Gasteiger partial charge in [0.2, 0.25) is 5.75 Å². The van der Waals surface area contributed by atoms with Crippen molar-refractivity contribution in [1.29, 1.82) is 0 Å². The molecule has 0 fully saturated rings. The molecule has 0 saturated heterocycles. The van der Waals surface area contributed by atoms with Crippen molar-refractivity contribution in [2.75, 3.05) is 20.8 Å². The summed E-state index contributed by atoms with van der Waals surface area (Å²) in [7, 11) is 2.94. The van der Waals surface area contributed by atoms with Crippen LogP contribution in [0.4, 0.5) is 9.18 Å². The molecule has 2 aromatic carbocycles. The minimum absolute atomic E-state index is 0.151. The molecular formula is C28H27FN2O6. The number of hydrogen-bond donors (Lipinski definition) is 1. The summed E-state index contributed by atoms with van der Waals surface area (Å²) >= 11 is 0. The third-order valence-corrected chi connectivity index (χ3v) is 6.08. The number of carbonyl (C=O) groups excluding carboxylic acids is 2. The second-order valence-electron chi connectivity index (χ2n) is 8.32. The van der Waals surface area contributed by atoms with Crippen LogP contribution in [0.1, 0.15) is 53.9 Å². The Kier molecular flexibility index (Phi) is 7.71. The van der Waals surface area contributed by atoms with E-state index >= 15 is 0 Å². The Balaban J connectivity index is 1.72. The standard InChI is InChI=1S/C28H27FN2O6/c1-5-30-28(33)37-27-25(34-3)11-17(12-26(27)35-4)10-21-16(2)19(22-13-18(29)6-7-20(21)22)8-9-24(32)23-14-36-15-31-23/h6-7,10-15H,5,8-9H2,1-4H3,(H,30,33)/b21-10-. The lowest BCUT2D eigenvalue weighted by atomic mass is 9.99. The van der Waals surface area contributed by atoms with E-state index in [0.29, 0.717) is 24.5 Å². The lowest BCUT2D eigenvalue weighted by molar-refractivity contribution is 0.0979. The number of amides is 1. The highest BCUT2D eigenvalue weighted by Crippen LogP contribution is 2.46. The van der Waals surface area contributed by atoms with Crippen LogP contribution < -0.4 is 19.5 Å². The van der Waals surface area contributed by atoms with Gasteiger partial charge in [-0.3, -0.25) is 4.79 Å². The number of ketones is 1. The van der Waals surface area contributed by atoms with Crippen molar-refractivity contribution in [3.63, 3.8) is 0 Å². The summed E-state index contributed by atoms with van der Waals surface area (Å²) < 4.78 is 35.5. The maximum absolute atomic E-state index is 14.2. The Hall–Kier alpha value is -4.40. The van der Waals surface area contributed by atoms with Gasteiger partial charge in [0.1, 0.15) is 17.8 Å². The van der Waals surface area contributed by atoms with Crippen LogP contribution in [-0.4, -0.2) is 37.6 Å².